The van der Waals surface area contributed by atoms with E-state index in [9.17, 15) is 14.4 Å². The minimum atomic E-state index is -0.620. The molecule has 0 bridgehead atoms. The van der Waals surface area contributed by atoms with Gasteiger partial charge in [0.05, 0.1) is 5.52 Å². The molecular formula is C21H27N3O4. The zero-order chi connectivity index (χ0) is 20.6. The Morgan fingerprint density at radius 1 is 1.25 bits per heavy atom. The standard InChI is InChI=1S/C21H27N3O4/c1-13-10-17(24(13)20(27)28-21(2,3)4)18(25)22-12-15-11-14-8-6-7-9-16(14)23(5)19(15)26/h6-9,11,13,17H,10,12H2,1-5H3,(H,22,25). The van der Waals surface area contributed by atoms with Crippen LogP contribution in [0.3, 0.4) is 0 Å². The summed E-state index contributed by atoms with van der Waals surface area (Å²) < 4.78 is 6.97. The topological polar surface area (TPSA) is 80.6 Å². The summed E-state index contributed by atoms with van der Waals surface area (Å²) in [6, 6.07) is 8.77. The lowest BCUT2D eigenvalue weighted by Crippen LogP contribution is -2.63. The van der Waals surface area contributed by atoms with E-state index in [1.165, 1.54) is 4.90 Å². The first-order chi connectivity index (χ1) is 13.1. The van der Waals surface area contributed by atoms with Crippen molar-refractivity contribution in [3.8, 4) is 0 Å². The van der Waals surface area contributed by atoms with Gasteiger partial charge in [-0.1, -0.05) is 18.2 Å². The van der Waals surface area contributed by atoms with Crippen LogP contribution in [0.5, 0.6) is 0 Å². The van der Waals surface area contributed by atoms with Crippen LogP contribution in [0.15, 0.2) is 35.1 Å². The molecule has 0 spiro atoms. The fraction of sp³-hybridized carbons (Fsp3) is 0.476. The zero-order valence-electron chi connectivity index (χ0n) is 17.0. The fourth-order valence-corrected chi connectivity index (χ4v) is 3.49. The van der Waals surface area contributed by atoms with Gasteiger partial charge in [-0.3, -0.25) is 14.5 Å². The molecule has 7 nitrogen and oxygen atoms in total. The van der Waals surface area contributed by atoms with Crippen molar-refractivity contribution in [3.63, 3.8) is 0 Å². The molecule has 1 aromatic carbocycles. The molecule has 0 radical (unpaired) electrons. The maximum atomic E-state index is 12.6. The van der Waals surface area contributed by atoms with Gasteiger partial charge < -0.3 is 14.6 Å². The van der Waals surface area contributed by atoms with E-state index in [1.54, 1.807) is 38.5 Å². The number of amides is 2. The minimum Gasteiger partial charge on any atom is -0.444 e. The predicted molar refractivity (Wildman–Crippen MR) is 107 cm³/mol. The first-order valence-electron chi connectivity index (χ1n) is 9.45. The van der Waals surface area contributed by atoms with Crippen LogP contribution >= 0.6 is 0 Å². The molecule has 2 heterocycles. The summed E-state index contributed by atoms with van der Waals surface area (Å²) in [5.74, 6) is -0.279. The van der Waals surface area contributed by atoms with Crippen LogP contribution in [0.25, 0.3) is 10.9 Å². The Hall–Kier alpha value is -2.83. The van der Waals surface area contributed by atoms with Gasteiger partial charge in [-0.05, 0) is 51.6 Å². The molecule has 7 heteroatoms. The second-order valence-electron chi connectivity index (χ2n) is 8.30. The quantitative estimate of drug-likeness (QED) is 0.881. The van der Waals surface area contributed by atoms with Gasteiger partial charge in [0.1, 0.15) is 11.6 Å². The summed E-state index contributed by atoms with van der Waals surface area (Å²) in [4.78, 5) is 39.0. The highest BCUT2D eigenvalue weighted by Gasteiger charge is 2.45. The van der Waals surface area contributed by atoms with E-state index in [-0.39, 0.29) is 24.1 Å². The average Bonchev–Trinajstić information content (AvgIpc) is 2.59. The monoisotopic (exact) mass is 385 g/mol. The second kappa shape index (κ2) is 7.30. The summed E-state index contributed by atoms with van der Waals surface area (Å²) >= 11 is 0. The Balaban J connectivity index is 1.71. The smallest absolute Gasteiger partial charge is 0.411 e. The third-order valence-electron chi connectivity index (χ3n) is 4.94. The molecule has 1 fully saturated rings. The summed E-state index contributed by atoms with van der Waals surface area (Å²) in [6.45, 7) is 7.37. The SMILES string of the molecule is CC1CC(C(=O)NCc2cc3ccccc3n(C)c2=O)N1C(=O)OC(C)(C)C. The molecule has 2 atom stereocenters. The van der Waals surface area contributed by atoms with Gasteiger partial charge in [-0.2, -0.15) is 0 Å². The number of para-hydroxylation sites is 1. The van der Waals surface area contributed by atoms with Crippen LogP contribution in [-0.4, -0.2) is 39.2 Å². The van der Waals surface area contributed by atoms with Crippen molar-refractivity contribution in [2.75, 3.05) is 0 Å². The van der Waals surface area contributed by atoms with Crippen molar-refractivity contribution in [2.24, 2.45) is 7.05 Å². The maximum Gasteiger partial charge on any atom is 0.411 e. The Morgan fingerprint density at radius 2 is 1.93 bits per heavy atom. The summed E-state index contributed by atoms with van der Waals surface area (Å²) in [5, 5.41) is 3.73. The number of aromatic nitrogens is 1. The van der Waals surface area contributed by atoms with Crippen LogP contribution in [0, 0.1) is 0 Å². The van der Waals surface area contributed by atoms with E-state index in [2.05, 4.69) is 5.32 Å². The molecule has 2 aromatic rings. The number of aryl methyl sites for hydroxylation is 1. The van der Waals surface area contributed by atoms with E-state index in [0.29, 0.717) is 12.0 Å². The highest BCUT2D eigenvalue weighted by Crippen LogP contribution is 2.28. The zero-order valence-corrected chi connectivity index (χ0v) is 17.0. The molecule has 1 aliphatic heterocycles. The molecule has 1 aliphatic rings. The number of carbonyl (C=O) groups is 2. The van der Waals surface area contributed by atoms with Gasteiger partial charge in [0.15, 0.2) is 0 Å². The molecule has 0 saturated carbocycles. The summed E-state index contributed by atoms with van der Waals surface area (Å²) in [6.07, 6.45) is 0.0777. The number of pyridine rings is 1. The van der Waals surface area contributed by atoms with Crippen LogP contribution in [0.1, 0.15) is 39.7 Å². The molecule has 1 aromatic heterocycles. The molecular weight excluding hydrogens is 358 g/mol. The Labute approximate surface area is 164 Å². The first kappa shape index (κ1) is 19.9. The van der Waals surface area contributed by atoms with E-state index in [0.717, 1.165) is 10.9 Å². The number of hydrogen-bond acceptors (Lipinski definition) is 4. The third-order valence-corrected chi connectivity index (χ3v) is 4.94. The Bertz CT molecular complexity index is 974. The van der Waals surface area contributed by atoms with E-state index in [1.807, 2.05) is 31.2 Å². The third kappa shape index (κ3) is 3.88. The van der Waals surface area contributed by atoms with Gasteiger partial charge in [-0.15, -0.1) is 0 Å². The number of ether oxygens (including phenoxy) is 1. The number of carbonyl (C=O) groups excluding carboxylic acids is 2. The molecule has 150 valence electrons. The van der Waals surface area contributed by atoms with Crippen molar-refractivity contribution in [2.45, 2.75) is 58.3 Å². The second-order valence-corrected chi connectivity index (χ2v) is 8.30. The van der Waals surface area contributed by atoms with Crippen LogP contribution in [-0.2, 0) is 23.1 Å². The van der Waals surface area contributed by atoms with E-state index < -0.39 is 17.7 Å². The number of rotatable bonds is 3. The van der Waals surface area contributed by atoms with Crippen molar-refractivity contribution in [3.05, 3.63) is 46.2 Å². The first-order valence-corrected chi connectivity index (χ1v) is 9.45. The Morgan fingerprint density at radius 3 is 2.57 bits per heavy atom. The van der Waals surface area contributed by atoms with Gasteiger partial charge in [0.25, 0.3) is 5.56 Å². The van der Waals surface area contributed by atoms with Crippen LogP contribution in [0.4, 0.5) is 4.79 Å². The number of likely N-dealkylation sites (tertiary alicyclic amines) is 1. The van der Waals surface area contributed by atoms with Gasteiger partial charge in [0.2, 0.25) is 5.91 Å². The largest absolute Gasteiger partial charge is 0.444 e. The van der Waals surface area contributed by atoms with Crippen molar-refractivity contribution in [1.82, 2.24) is 14.8 Å². The van der Waals surface area contributed by atoms with Gasteiger partial charge in [0, 0.05) is 25.2 Å². The van der Waals surface area contributed by atoms with Crippen LogP contribution < -0.4 is 10.9 Å². The van der Waals surface area contributed by atoms with Crippen molar-refractivity contribution in [1.29, 1.82) is 0 Å². The van der Waals surface area contributed by atoms with E-state index in [4.69, 9.17) is 4.74 Å². The number of fused-ring (bicyclic) bond motifs is 1. The minimum absolute atomic E-state index is 0.0564. The molecule has 0 aliphatic carbocycles. The highest BCUT2D eigenvalue weighted by atomic mass is 16.6. The highest BCUT2D eigenvalue weighted by molar-refractivity contribution is 5.88. The average molecular weight is 385 g/mol. The van der Waals surface area contributed by atoms with Crippen LogP contribution in [0.2, 0.25) is 0 Å². The molecule has 2 unspecified atom stereocenters. The van der Waals surface area contributed by atoms with Gasteiger partial charge in [-0.25, -0.2) is 4.79 Å². The molecule has 1 saturated heterocycles. The summed E-state index contributed by atoms with van der Waals surface area (Å²) in [7, 11) is 1.72. The molecule has 1 N–H and O–H groups in total. The predicted octanol–water partition coefficient (Wildman–Crippen LogP) is 2.55. The van der Waals surface area contributed by atoms with Crippen molar-refractivity contribution >= 4 is 22.9 Å². The lowest BCUT2D eigenvalue weighted by atomic mass is 9.94. The lowest BCUT2D eigenvalue weighted by molar-refractivity contribution is -0.133. The summed E-state index contributed by atoms with van der Waals surface area (Å²) in [5.41, 5.74) is 0.576. The molecule has 2 amide bonds. The van der Waals surface area contributed by atoms with Crippen molar-refractivity contribution < 1.29 is 14.3 Å². The lowest BCUT2D eigenvalue weighted by Gasteiger charge is -2.45. The number of nitrogens with one attached hydrogen (secondary N) is 1. The van der Waals surface area contributed by atoms with Gasteiger partial charge >= 0.3 is 6.09 Å². The number of benzene rings is 1. The maximum absolute atomic E-state index is 12.6. The molecule has 28 heavy (non-hydrogen) atoms. The fourth-order valence-electron chi connectivity index (χ4n) is 3.49. The Kier molecular flexibility index (Phi) is 5.19. The normalized spacial score (nSPS) is 19.2. The number of hydrogen-bond donors (Lipinski definition) is 1. The molecule has 3 rings (SSSR count). The number of nitrogens with zero attached hydrogens (tertiary/aromatic N) is 2. The van der Waals surface area contributed by atoms with E-state index >= 15 is 0 Å².